The van der Waals surface area contributed by atoms with Gasteiger partial charge in [-0.3, -0.25) is 14.6 Å². The van der Waals surface area contributed by atoms with Crippen molar-refractivity contribution in [1.29, 1.82) is 0 Å². The number of aromatic amines is 2. The number of hydrogen-bond acceptors (Lipinski definition) is 6. The Morgan fingerprint density at radius 2 is 2.10 bits per heavy atom. The van der Waals surface area contributed by atoms with Gasteiger partial charge in [0.15, 0.2) is 5.03 Å². The minimum Gasteiger partial charge on any atom is -0.506 e. The van der Waals surface area contributed by atoms with Crippen LogP contribution in [-0.4, -0.2) is 31.9 Å². The fourth-order valence-electron chi connectivity index (χ4n) is 1.33. The number of hydrogen-bond donors (Lipinski definition) is 4. The summed E-state index contributed by atoms with van der Waals surface area (Å²) in [5.41, 5.74) is -1.09. The summed E-state index contributed by atoms with van der Waals surface area (Å²) in [6.07, 6.45) is 0. The van der Waals surface area contributed by atoms with E-state index in [1.54, 1.807) is 18.2 Å². The predicted molar refractivity (Wildman–Crippen MR) is 72.9 cm³/mol. The third kappa shape index (κ3) is 3.48. The van der Waals surface area contributed by atoms with E-state index >= 15 is 0 Å². The van der Waals surface area contributed by atoms with E-state index in [9.17, 15) is 19.5 Å². The molecule has 0 atom stereocenters. The lowest BCUT2D eigenvalue weighted by Gasteiger charge is -2.06. The number of amides is 1. The standard InChI is InChI=1S/C11H10N4O4S/c16-7-4-2-1-3-6(7)12-8(17)5-20-10-9(18)13-11(19)15-14-10/h1-4,16H,5H2,(H,12,17)(H2,13,15,18,19). The van der Waals surface area contributed by atoms with Crippen LogP contribution in [0.1, 0.15) is 0 Å². The van der Waals surface area contributed by atoms with Gasteiger partial charge in [-0.25, -0.2) is 9.89 Å². The molecule has 0 saturated carbocycles. The van der Waals surface area contributed by atoms with Crippen molar-refractivity contribution >= 4 is 23.4 Å². The number of phenols is 1. The topological polar surface area (TPSA) is 128 Å². The van der Waals surface area contributed by atoms with Crippen molar-refractivity contribution in [3.63, 3.8) is 0 Å². The first-order chi connectivity index (χ1) is 9.56. The second-order valence-corrected chi connectivity index (χ2v) is 4.63. The summed E-state index contributed by atoms with van der Waals surface area (Å²) >= 11 is 0.870. The number of benzene rings is 1. The molecule has 1 aromatic heterocycles. The van der Waals surface area contributed by atoms with E-state index in [0.29, 0.717) is 0 Å². The Kier molecular flexibility index (Phi) is 4.20. The van der Waals surface area contributed by atoms with Crippen LogP contribution in [-0.2, 0) is 4.79 Å². The Labute approximate surface area is 116 Å². The number of anilines is 1. The molecule has 1 amide bonds. The van der Waals surface area contributed by atoms with Crippen molar-refractivity contribution in [2.24, 2.45) is 0 Å². The highest BCUT2D eigenvalue weighted by Crippen LogP contribution is 2.21. The zero-order chi connectivity index (χ0) is 14.5. The lowest BCUT2D eigenvalue weighted by Crippen LogP contribution is -2.25. The first kappa shape index (κ1) is 13.9. The van der Waals surface area contributed by atoms with E-state index in [0.717, 1.165) is 11.8 Å². The number of phenolic OH excluding ortho intramolecular Hbond substituents is 1. The fraction of sp³-hybridized carbons (Fsp3) is 0.0909. The van der Waals surface area contributed by atoms with Crippen LogP contribution in [0.2, 0.25) is 0 Å². The molecular weight excluding hydrogens is 284 g/mol. The van der Waals surface area contributed by atoms with Gasteiger partial charge in [0.2, 0.25) is 5.91 Å². The highest BCUT2D eigenvalue weighted by Gasteiger charge is 2.09. The van der Waals surface area contributed by atoms with Gasteiger partial charge in [-0.2, -0.15) is 5.10 Å². The van der Waals surface area contributed by atoms with Crippen molar-refractivity contribution in [2.75, 3.05) is 11.1 Å². The Morgan fingerprint density at radius 3 is 2.80 bits per heavy atom. The van der Waals surface area contributed by atoms with Crippen molar-refractivity contribution in [1.82, 2.24) is 15.2 Å². The van der Waals surface area contributed by atoms with Crippen LogP contribution >= 0.6 is 11.8 Å². The van der Waals surface area contributed by atoms with Crippen LogP contribution in [0.25, 0.3) is 0 Å². The Bertz CT molecular complexity index is 739. The minimum absolute atomic E-state index is 0.0166. The molecule has 0 aliphatic rings. The van der Waals surface area contributed by atoms with Crippen molar-refractivity contribution < 1.29 is 9.90 Å². The first-order valence-electron chi connectivity index (χ1n) is 5.46. The molecule has 2 aromatic rings. The Balaban J connectivity index is 1.97. The first-order valence-corrected chi connectivity index (χ1v) is 6.44. The minimum atomic E-state index is -0.710. The van der Waals surface area contributed by atoms with Crippen LogP contribution in [0.4, 0.5) is 5.69 Å². The second kappa shape index (κ2) is 6.06. The van der Waals surface area contributed by atoms with Crippen molar-refractivity contribution in [3.05, 3.63) is 45.1 Å². The third-order valence-electron chi connectivity index (χ3n) is 2.20. The molecule has 0 fully saturated rings. The van der Waals surface area contributed by atoms with Gasteiger partial charge in [0.05, 0.1) is 11.4 Å². The van der Waals surface area contributed by atoms with Gasteiger partial charge in [0, 0.05) is 0 Å². The average molecular weight is 294 g/mol. The van der Waals surface area contributed by atoms with E-state index in [4.69, 9.17) is 0 Å². The second-order valence-electron chi connectivity index (χ2n) is 3.67. The summed E-state index contributed by atoms with van der Waals surface area (Å²) in [6, 6.07) is 6.28. The lowest BCUT2D eigenvalue weighted by atomic mass is 10.3. The quantitative estimate of drug-likeness (QED) is 0.460. The van der Waals surface area contributed by atoms with E-state index in [1.807, 2.05) is 4.98 Å². The monoisotopic (exact) mass is 294 g/mol. The van der Waals surface area contributed by atoms with E-state index in [2.05, 4.69) is 15.5 Å². The van der Waals surface area contributed by atoms with E-state index in [1.165, 1.54) is 6.07 Å². The fourth-order valence-corrected chi connectivity index (χ4v) is 1.97. The maximum atomic E-state index is 11.7. The van der Waals surface area contributed by atoms with Crippen LogP contribution in [0.3, 0.4) is 0 Å². The number of H-pyrrole nitrogens is 2. The average Bonchev–Trinajstić information content (AvgIpc) is 2.40. The number of aromatic nitrogens is 3. The number of carbonyl (C=O) groups is 1. The zero-order valence-electron chi connectivity index (χ0n) is 10.0. The number of thioether (sulfide) groups is 1. The normalized spacial score (nSPS) is 10.2. The largest absolute Gasteiger partial charge is 0.506 e. The van der Waals surface area contributed by atoms with Crippen LogP contribution in [0.15, 0.2) is 38.9 Å². The molecule has 9 heteroatoms. The van der Waals surface area contributed by atoms with Crippen LogP contribution in [0, 0.1) is 0 Å². The van der Waals surface area contributed by atoms with Crippen molar-refractivity contribution in [2.45, 2.75) is 5.03 Å². The van der Waals surface area contributed by atoms with Gasteiger partial charge in [-0.05, 0) is 12.1 Å². The molecule has 0 aliphatic heterocycles. The molecule has 1 aromatic carbocycles. The summed E-state index contributed by atoms with van der Waals surface area (Å²) in [5.74, 6) is -0.550. The summed E-state index contributed by atoms with van der Waals surface area (Å²) in [5, 5.41) is 17.6. The molecule has 8 nitrogen and oxygen atoms in total. The summed E-state index contributed by atoms with van der Waals surface area (Å²) in [6.45, 7) is 0. The number of aromatic hydroxyl groups is 1. The number of nitrogens with one attached hydrogen (secondary N) is 3. The van der Waals surface area contributed by atoms with Gasteiger partial charge < -0.3 is 10.4 Å². The number of carbonyl (C=O) groups excluding carboxylic acids is 1. The summed E-state index contributed by atoms with van der Waals surface area (Å²) < 4.78 is 0. The van der Waals surface area contributed by atoms with Gasteiger partial charge in [-0.15, -0.1) is 0 Å². The molecule has 0 aliphatic carbocycles. The lowest BCUT2D eigenvalue weighted by molar-refractivity contribution is -0.113. The van der Waals surface area contributed by atoms with Gasteiger partial charge in [-0.1, -0.05) is 23.9 Å². The van der Waals surface area contributed by atoms with Gasteiger partial charge in [0.1, 0.15) is 5.75 Å². The maximum absolute atomic E-state index is 11.7. The molecule has 0 saturated heterocycles. The Morgan fingerprint density at radius 1 is 1.35 bits per heavy atom. The molecule has 104 valence electrons. The molecule has 2 rings (SSSR count). The molecule has 0 bridgehead atoms. The number of nitrogens with zero attached hydrogens (tertiary/aromatic N) is 1. The maximum Gasteiger partial charge on any atom is 0.342 e. The van der Waals surface area contributed by atoms with E-state index in [-0.39, 0.29) is 22.2 Å². The van der Waals surface area contributed by atoms with Gasteiger partial charge in [0.25, 0.3) is 5.56 Å². The third-order valence-corrected chi connectivity index (χ3v) is 3.16. The molecule has 20 heavy (non-hydrogen) atoms. The number of para-hydroxylation sites is 2. The molecular formula is C11H10N4O4S. The highest BCUT2D eigenvalue weighted by molar-refractivity contribution is 7.99. The molecule has 0 spiro atoms. The molecule has 1 heterocycles. The van der Waals surface area contributed by atoms with Crippen LogP contribution in [0.5, 0.6) is 5.75 Å². The van der Waals surface area contributed by atoms with Crippen molar-refractivity contribution in [3.8, 4) is 5.75 Å². The van der Waals surface area contributed by atoms with E-state index < -0.39 is 17.2 Å². The Hall–Kier alpha value is -2.55. The zero-order valence-corrected chi connectivity index (χ0v) is 10.9. The molecule has 4 N–H and O–H groups in total. The SMILES string of the molecule is O=C(CSc1n[nH]c(=O)[nH]c1=O)Nc1ccccc1O. The van der Waals surface area contributed by atoms with Crippen LogP contribution < -0.4 is 16.6 Å². The highest BCUT2D eigenvalue weighted by atomic mass is 32.2. The smallest absolute Gasteiger partial charge is 0.342 e. The summed E-state index contributed by atoms with van der Waals surface area (Å²) in [7, 11) is 0. The number of rotatable bonds is 4. The summed E-state index contributed by atoms with van der Waals surface area (Å²) in [4.78, 5) is 35.8. The predicted octanol–water partition coefficient (Wildman–Crippen LogP) is -0.105. The molecule has 0 unspecified atom stereocenters. The van der Waals surface area contributed by atoms with Gasteiger partial charge >= 0.3 is 5.69 Å². The molecule has 0 radical (unpaired) electrons.